The van der Waals surface area contributed by atoms with Crippen LogP contribution in [0.1, 0.15) is 6.92 Å². The monoisotopic (exact) mass is 303 g/mol. The largest absolute Gasteiger partial charge is 0.370 e. The Hall–Kier alpha value is -1.94. The van der Waals surface area contributed by atoms with Crippen molar-refractivity contribution in [1.82, 2.24) is 9.71 Å². The number of anilines is 2. The van der Waals surface area contributed by atoms with Crippen LogP contribution in [0.3, 0.4) is 0 Å². The lowest BCUT2D eigenvalue weighted by Gasteiger charge is -2.08. The summed E-state index contributed by atoms with van der Waals surface area (Å²) in [6.45, 7) is 2.51. The van der Waals surface area contributed by atoms with Gasteiger partial charge in [0.2, 0.25) is 10.0 Å². The summed E-state index contributed by atoms with van der Waals surface area (Å²) in [4.78, 5) is 14.4. The van der Waals surface area contributed by atoms with Crippen LogP contribution in [-0.4, -0.2) is 44.2 Å². The Morgan fingerprint density at radius 1 is 1.30 bits per heavy atom. The molecular formula is C10H17N5O4S. The highest BCUT2D eigenvalue weighted by Crippen LogP contribution is 2.20. The second kappa shape index (κ2) is 7.01. The molecule has 0 bridgehead atoms. The van der Waals surface area contributed by atoms with Crippen molar-refractivity contribution in [2.75, 3.05) is 36.5 Å². The van der Waals surface area contributed by atoms with Gasteiger partial charge in [0.15, 0.2) is 0 Å². The maximum atomic E-state index is 11.2. The third kappa shape index (κ3) is 4.97. The van der Waals surface area contributed by atoms with Gasteiger partial charge in [-0.25, -0.2) is 18.1 Å². The summed E-state index contributed by atoms with van der Waals surface area (Å²) in [5.41, 5.74) is -0.116. The molecule has 9 nitrogen and oxygen atoms in total. The highest BCUT2D eigenvalue weighted by Gasteiger charge is 2.12. The van der Waals surface area contributed by atoms with E-state index >= 15 is 0 Å². The highest BCUT2D eigenvalue weighted by molar-refractivity contribution is 7.89. The van der Waals surface area contributed by atoms with Crippen molar-refractivity contribution in [3.63, 3.8) is 0 Å². The predicted octanol–water partition coefficient (Wildman–Crippen LogP) is 0.383. The first-order valence-corrected chi connectivity index (χ1v) is 7.58. The molecule has 0 fully saturated rings. The summed E-state index contributed by atoms with van der Waals surface area (Å²) in [6.07, 6.45) is 0. The van der Waals surface area contributed by atoms with Crippen molar-refractivity contribution in [1.29, 1.82) is 0 Å². The van der Waals surface area contributed by atoms with Gasteiger partial charge in [0.05, 0.1) is 22.8 Å². The van der Waals surface area contributed by atoms with Crippen LogP contribution < -0.4 is 15.4 Å². The number of aromatic nitrogens is 1. The Kier molecular flexibility index (Phi) is 5.65. The van der Waals surface area contributed by atoms with Crippen LogP contribution in [0.5, 0.6) is 0 Å². The summed E-state index contributed by atoms with van der Waals surface area (Å²) in [5, 5.41) is 16.4. The summed E-state index contributed by atoms with van der Waals surface area (Å²) in [6, 6.07) is 2.58. The molecule has 0 unspecified atom stereocenters. The second-order valence-corrected chi connectivity index (χ2v) is 5.88. The van der Waals surface area contributed by atoms with E-state index in [1.807, 2.05) is 6.92 Å². The number of hydrogen-bond acceptors (Lipinski definition) is 7. The standard InChI is InChI=1S/C10H17N5O4S/c1-3-12-9-6-8(15(16)17)7-10(14-9)13-4-5-20(18,19)11-2/h6-7,11H,3-5H2,1-2H3,(H2,12,13,14). The Morgan fingerprint density at radius 2 is 1.90 bits per heavy atom. The molecule has 1 heterocycles. The molecule has 20 heavy (non-hydrogen) atoms. The van der Waals surface area contributed by atoms with Crippen molar-refractivity contribution < 1.29 is 13.3 Å². The molecule has 112 valence electrons. The lowest BCUT2D eigenvalue weighted by atomic mass is 10.3. The van der Waals surface area contributed by atoms with E-state index in [-0.39, 0.29) is 23.8 Å². The number of pyridine rings is 1. The van der Waals surface area contributed by atoms with Gasteiger partial charge in [0.1, 0.15) is 11.6 Å². The third-order valence-corrected chi connectivity index (χ3v) is 3.73. The molecule has 0 radical (unpaired) electrons. The Bertz CT molecular complexity index is 575. The van der Waals surface area contributed by atoms with Gasteiger partial charge in [-0.05, 0) is 14.0 Å². The second-order valence-electron chi connectivity index (χ2n) is 3.83. The van der Waals surface area contributed by atoms with Crippen LogP contribution in [0.2, 0.25) is 0 Å². The summed E-state index contributed by atoms with van der Waals surface area (Å²) < 4.78 is 24.7. The molecule has 0 spiro atoms. The molecule has 1 aromatic heterocycles. The third-order valence-electron chi connectivity index (χ3n) is 2.37. The molecule has 0 aliphatic rings. The zero-order chi connectivity index (χ0) is 15.2. The first-order valence-electron chi connectivity index (χ1n) is 5.93. The van der Waals surface area contributed by atoms with E-state index in [1.165, 1.54) is 19.2 Å². The maximum Gasteiger partial charge on any atom is 0.276 e. The number of sulfonamides is 1. The minimum atomic E-state index is -3.33. The molecule has 3 N–H and O–H groups in total. The van der Waals surface area contributed by atoms with Crippen molar-refractivity contribution in [3.05, 3.63) is 22.2 Å². The highest BCUT2D eigenvalue weighted by atomic mass is 32.2. The van der Waals surface area contributed by atoms with E-state index in [2.05, 4.69) is 20.3 Å². The molecule has 0 saturated carbocycles. The zero-order valence-electron chi connectivity index (χ0n) is 11.2. The smallest absolute Gasteiger partial charge is 0.276 e. The molecule has 1 rings (SSSR count). The van der Waals surface area contributed by atoms with Gasteiger partial charge in [0.25, 0.3) is 5.69 Å². The minimum Gasteiger partial charge on any atom is -0.370 e. The summed E-state index contributed by atoms with van der Waals surface area (Å²) in [5.74, 6) is 0.465. The van der Waals surface area contributed by atoms with Gasteiger partial charge in [-0.2, -0.15) is 0 Å². The Balaban J connectivity index is 2.81. The van der Waals surface area contributed by atoms with Gasteiger partial charge >= 0.3 is 0 Å². The fourth-order valence-corrected chi connectivity index (χ4v) is 1.97. The quantitative estimate of drug-likeness (QED) is 0.468. The molecule has 0 amide bonds. The maximum absolute atomic E-state index is 11.2. The minimum absolute atomic E-state index is 0.100. The SMILES string of the molecule is CCNc1cc([N+](=O)[O-])cc(NCCS(=O)(=O)NC)n1. The normalized spacial score (nSPS) is 11.1. The van der Waals surface area contributed by atoms with Crippen LogP contribution in [0.15, 0.2) is 12.1 Å². The molecule has 10 heteroatoms. The lowest BCUT2D eigenvalue weighted by Crippen LogP contribution is -2.26. The average molecular weight is 303 g/mol. The molecule has 0 aliphatic heterocycles. The van der Waals surface area contributed by atoms with Crippen LogP contribution in [0, 0.1) is 10.1 Å². The van der Waals surface area contributed by atoms with Crippen LogP contribution in [0.25, 0.3) is 0 Å². The van der Waals surface area contributed by atoms with Crippen LogP contribution in [-0.2, 0) is 10.0 Å². The van der Waals surface area contributed by atoms with Gasteiger partial charge in [0, 0.05) is 13.1 Å². The van der Waals surface area contributed by atoms with Gasteiger partial charge in [-0.15, -0.1) is 0 Å². The fourth-order valence-electron chi connectivity index (χ4n) is 1.40. The van der Waals surface area contributed by atoms with E-state index in [0.717, 1.165) is 0 Å². The van der Waals surface area contributed by atoms with Gasteiger partial charge in [-0.3, -0.25) is 10.1 Å². The number of nitro groups is 1. The molecular weight excluding hydrogens is 286 g/mol. The average Bonchev–Trinajstić information content (AvgIpc) is 2.38. The molecule has 1 aromatic rings. The number of rotatable bonds is 8. The topological polar surface area (TPSA) is 126 Å². The van der Waals surface area contributed by atoms with E-state index in [1.54, 1.807) is 0 Å². The van der Waals surface area contributed by atoms with E-state index in [0.29, 0.717) is 12.4 Å². The number of nitrogens with one attached hydrogen (secondary N) is 3. The molecule has 0 atom stereocenters. The fraction of sp³-hybridized carbons (Fsp3) is 0.500. The Labute approximate surface area is 117 Å². The first kappa shape index (κ1) is 16.1. The van der Waals surface area contributed by atoms with Crippen molar-refractivity contribution in [2.45, 2.75) is 6.92 Å². The summed E-state index contributed by atoms with van der Waals surface area (Å²) >= 11 is 0. The molecule has 0 aromatic carbocycles. The van der Waals surface area contributed by atoms with E-state index in [9.17, 15) is 18.5 Å². The summed E-state index contributed by atoms with van der Waals surface area (Å²) in [7, 11) is -2.00. The van der Waals surface area contributed by atoms with Gasteiger partial charge < -0.3 is 10.6 Å². The lowest BCUT2D eigenvalue weighted by molar-refractivity contribution is -0.384. The number of nitrogens with zero attached hydrogens (tertiary/aromatic N) is 2. The van der Waals surface area contributed by atoms with Crippen molar-refractivity contribution in [2.24, 2.45) is 0 Å². The number of hydrogen-bond donors (Lipinski definition) is 3. The van der Waals surface area contributed by atoms with E-state index in [4.69, 9.17) is 0 Å². The van der Waals surface area contributed by atoms with E-state index < -0.39 is 14.9 Å². The van der Waals surface area contributed by atoms with Crippen molar-refractivity contribution in [3.8, 4) is 0 Å². The van der Waals surface area contributed by atoms with Gasteiger partial charge in [-0.1, -0.05) is 0 Å². The molecule has 0 aliphatic carbocycles. The van der Waals surface area contributed by atoms with Crippen LogP contribution >= 0.6 is 0 Å². The predicted molar refractivity (Wildman–Crippen MR) is 76.4 cm³/mol. The Morgan fingerprint density at radius 3 is 2.40 bits per heavy atom. The first-order chi connectivity index (χ1) is 9.38. The van der Waals surface area contributed by atoms with Crippen LogP contribution in [0.4, 0.5) is 17.3 Å². The zero-order valence-corrected chi connectivity index (χ0v) is 12.0. The molecule has 0 saturated heterocycles. The van der Waals surface area contributed by atoms with Crippen molar-refractivity contribution >= 4 is 27.3 Å².